The summed E-state index contributed by atoms with van der Waals surface area (Å²) in [5.74, 6) is 0.362. The Morgan fingerprint density at radius 3 is 2.25 bits per heavy atom. The Morgan fingerprint density at radius 1 is 1.18 bits per heavy atom. The van der Waals surface area contributed by atoms with Crippen LogP contribution >= 0.6 is 24.8 Å². The van der Waals surface area contributed by atoms with Crippen LogP contribution in [0.25, 0.3) is 0 Å². The predicted octanol–water partition coefficient (Wildman–Crippen LogP) is 1.25. The molecule has 2 rings (SSSR count). The van der Waals surface area contributed by atoms with Gasteiger partial charge < -0.3 is 20.3 Å². The van der Waals surface area contributed by atoms with Gasteiger partial charge in [0.1, 0.15) is 12.4 Å². The highest BCUT2D eigenvalue weighted by Gasteiger charge is 2.48. The third kappa shape index (κ3) is 7.08. The number of likely N-dealkylation sites (N-methyl/N-ethyl adjacent to an activating group) is 1. The minimum absolute atomic E-state index is 0. The number of ether oxygens (including phenoxy) is 1. The monoisotopic (exact) mass is 455 g/mol. The van der Waals surface area contributed by atoms with Crippen LogP contribution in [0.3, 0.4) is 0 Å². The lowest BCUT2D eigenvalue weighted by molar-refractivity contribution is -0.124. The summed E-state index contributed by atoms with van der Waals surface area (Å²) in [7, 11) is 0.483. The highest BCUT2D eigenvalue weighted by molar-refractivity contribution is 7.92. The second-order valence-electron chi connectivity index (χ2n) is 6.99. The Balaban J connectivity index is 0.00000364. The molecular formula is C18H31Cl2N3O4S. The smallest absolute Gasteiger partial charge is 0.241 e. The van der Waals surface area contributed by atoms with Crippen LogP contribution in [0.5, 0.6) is 5.75 Å². The van der Waals surface area contributed by atoms with Crippen LogP contribution in [-0.4, -0.2) is 70.6 Å². The van der Waals surface area contributed by atoms with Crippen LogP contribution in [0.2, 0.25) is 0 Å². The normalized spacial score (nSPS) is 15.9. The number of rotatable bonds is 8. The van der Waals surface area contributed by atoms with Crippen molar-refractivity contribution in [2.45, 2.75) is 24.1 Å². The molecule has 162 valence electrons. The Kier molecular flexibility index (Phi) is 11.4. The summed E-state index contributed by atoms with van der Waals surface area (Å²) in [6.45, 7) is 2.79. The first-order chi connectivity index (χ1) is 12.2. The van der Waals surface area contributed by atoms with Gasteiger partial charge in [0.05, 0.1) is 0 Å². The molecule has 0 aromatic heterocycles. The molecule has 1 aliphatic rings. The van der Waals surface area contributed by atoms with E-state index in [1.807, 2.05) is 43.3 Å². The fourth-order valence-corrected chi connectivity index (χ4v) is 4.34. The minimum atomic E-state index is -3.49. The lowest BCUT2D eigenvalue weighted by Gasteiger charge is -2.34. The van der Waals surface area contributed by atoms with Gasteiger partial charge in [0.25, 0.3) is 0 Å². The standard InChI is InChI=1S/C18H29N3O4S.2ClH/c1-21(2)12-13-25-16-6-4-15(5-7-16)14-20-17(22)18(26(3,23)24)8-10-19-11-9-18;;/h4-7,19H,8-14H2,1-3H3,(H,20,22);2*1H. The van der Waals surface area contributed by atoms with Crippen LogP contribution in [0.15, 0.2) is 24.3 Å². The van der Waals surface area contributed by atoms with Crippen molar-refractivity contribution in [1.82, 2.24) is 15.5 Å². The van der Waals surface area contributed by atoms with Gasteiger partial charge in [0.2, 0.25) is 5.91 Å². The molecular weight excluding hydrogens is 425 g/mol. The lowest BCUT2D eigenvalue weighted by Crippen LogP contribution is -2.57. The summed E-state index contributed by atoms with van der Waals surface area (Å²) in [5, 5.41) is 5.91. The van der Waals surface area contributed by atoms with Crippen molar-refractivity contribution in [2.24, 2.45) is 0 Å². The summed E-state index contributed by atoms with van der Waals surface area (Å²) in [6.07, 6.45) is 1.75. The average Bonchev–Trinajstić information content (AvgIpc) is 2.60. The number of hydrogen-bond donors (Lipinski definition) is 2. The predicted molar refractivity (Wildman–Crippen MR) is 117 cm³/mol. The maximum absolute atomic E-state index is 12.7. The molecule has 1 fully saturated rings. The van der Waals surface area contributed by atoms with Gasteiger partial charge in [-0.3, -0.25) is 4.79 Å². The first-order valence-corrected chi connectivity index (χ1v) is 10.7. The number of carbonyl (C=O) groups excluding carboxylic acids is 1. The Hall–Kier alpha value is -1.06. The summed E-state index contributed by atoms with van der Waals surface area (Å²) in [6, 6.07) is 7.46. The number of carbonyl (C=O) groups is 1. The zero-order valence-corrected chi connectivity index (χ0v) is 19.0. The molecule has 0 spiro atoms. The van der Waals surface area contributed by atoms with E-state index >= 15 is 0 Å². The number of amides is 1. The molecule has 1 saturated heterocycles. The number of halogens is 2. The second-order valence-corrected chi connectivity index (χ2v) is 9.32. The molecule has 0 atom stereocenters. The SMILES string of the molecule is CN(C)CCOc1ccc(CNC(=O)C2(S(C)(=O)=O)CCNCC2)cc1.Cl.Cl. The van der Waals surface area contributed by atoms with Crippen molar-refractivity contribution in [1.29, 1.82) is 0 Å². The fraction of sp³-hybridized carbons (Fsp3) is 0.611. The minimum Gasteiger partial charge on any atom is -0.492 e. The number of piperidine rings is 1. The summed E-state index contributed by atoms with van der Waals surface area (Å²) < 4.78 is 28.8. The largest absolute Gasteiger partial charge is 0.492 e. The first-order valence-electron chi connectivity index (χ1n) is 8.80. The second kappa shape index (κ2) is 11.8. The van der Waals surface area contributed by atoms with Gasteiger partial charge >= 0.3 is 0 Å². The number of nitrogens with zero attached hydrogens (tertiary/aromatic N) is 1. The molecule has 7 nitrogen and oxygen atoms in total. The zero-order chi connectivity index (χ0) is 19.2. The zero-order valence-electron chi connectivity index (χ0n) is 16.6. The molecule has 1 aromatic rings. The Morgan fingerprint density at radius 2 is 1.75 bits per heavy atom. The van der Waals surface area contributed by atoms with Crippen molar-refractivity contribution in [3.8, 4) is 5.75 Å². The van der Waals surface area contributed by atoms with Gasteiger partial charge in [-0.2, -0.15) is 0 Å². The molecule has 0 radical (unpaired) electrons. The van der Waals surface area contributed by atoms with Crippen LogP contribution < -0.4 is 15.4 Å². The van der Waals surface area contributed by atoms with Crippen molar-refractivity contribution in [2.75, 3.05) is 46.6 Å². The van der Waals surface area contributed by atoms with Crippen molar-refractivity contribution in [3.05, 3.63) is 29.8 Å². The van der Waals surface area contributed by atoms with E-state index in [-0.39, 0.29) is 24.8 Å². The maximum Gasteiger partial charge on any atom is 0.241 e. The average molecular weight is 456 g/mol. The maximum atomic E-state index is 12.7. The molecule has 10 heteroatoms. The van der Waals surface area contributed by atoms with E-state index in [0.29, 0.717) is 39.1 Å². The molecule has 0 aliphatic carbocycles. The van der Waals surface area contributed by atoms with Crippen LogP contribution in [0, 0.1) is 0 Å². The first kappa shape index (κ1) is 26.9. The van der Waals surface area contributed by atoms with E-state index in [0.717, 1.165) is 24.1 Å². The molecule has 2 N–H and O–H groups in total. The number of hydrogen-bond acceptors (Lipinski definition) is 6. The molecule has 28 heavy (non-hydrogen) atoms. The van der Waals surface area contributed by atoms with E-state index in [9.17, 15) is 13.2 Å². The van der Waals surface area contributed by atoms with Gasteiger partial charge in [0, 0.05) is 19.3 Å². The third-order valence-corrected chi connectivity index (χ3v) is 6.73. The van der Waals surface area contributed by atoms with Crippen LogP contribution in [-0.2, 0) is 21.2 Å². The molecule has 1 aromatic carbocycles. The Labute approximate surface area is 180 Å². The van der Waals surface area contributed by atoms with Crippen molar-refractivity contribution in [3.63, 3.8) is 0 Å². The molecule has 0 saturated carbocycles. The number of sulfone groups is 1. The van der Waals surface area contributed by atoms with Gasteiger partial charge in [-0.25, -0.2) is 8.42 Å². The van der Waals surface area contributed by atoms with E-state index in [2.05, 4.69) is 10.6 Å². The van der Waals surface area contributed by atoms with E-state index in [1.165, 1.54) is 0 Å². The van der Waals surface area contributed by atoms with E-state index < -0.39 is 20.5 Å². The third-order valence-electron chi connectivity index (χ3n) is 4.72. The molecule has 0 unspecified atom stereocenters. The van der Waals surface area contributed by atoms with Crippen LogP contribution in [0.4, 0.5) is 0 Å². The van der Waals surface area contributed by atoms with Gasteiger partial charge in [0.15, 0.2) is 14.6 Å². The van der Waals surface area contributed by atoms with Crippen LogP contribution in [0.1, 0.15) is 18.4 Å². The van der Waals surface area contributed by atoms with Crippen molar-refractivity contribution < 1.29 is 17.9 Å². The Bertz CT molecular complexity index is 706. The van der Waals surface area contributed by atoms with Gasteiger partial charge in [-0.1, -0.05) is 12.1 Å². The summed E-state index contributed by atoms with van der Waals surface area (Å²) in [5.41, 5.74) is 0.899. The quantitative estimate of drug-likeness (QED) is 0.613. The fourth-order valence-electron chi connectivity index (χ4n) is 2.99. The molecule has 1 aliphatic heterocycles. The summed E-state index contributed by atoms with van der Waals surface area (Å²) in [4.78, 5) is 14.7. The highest BCUT2D eigenvalue weighted by Crippen LogP contribution is 2.28. The number of nitrogens with one attached hydrogen (secondary N) is 2. The lowest BCUT2D eigenvalue weighted by atomic mass is 9.95. The highest BCUT2D eigenvalue weighted by atomic mass is 35.5. The topological polar surface area (TPSA) is 87.7 Å². The van der Waals surface area contributed by atoms with E-state index in [4.69, 9.17) is 4.74 Å². The molecule has 1 heterocycles. The van der Waals surface area contributed by atoms with Gasteiger partial charge in [-0.15, -0.1) is 24.8 Å². The van der Waals surface area contributed by atoms with E-state index in [1.54, 1.807) is 0 Å². The number of benzene rings is 1. The summed E-state index contributed by atoms with van der Waals surface area (Å²) >= 11 is 0. The molecule has 0 bridgehead atoms. The molecule has 1 amide bonds. The van der Waals surface area contributed by atoms with Crippen molar-refractivity contribution >= 4 is 40.6 Å². The van der Waals surface area contributed by atoms with Gasteiger partial charge in [-0.05, 0) is 57.7 Å².